The lowest BCUT2D eigenvalue weighted by Gasteiger charge is -2.25. The molecule has 0 bridgehead atoms. The van der Waals surface area contributed by atoms with Crippen LogP contribution in [-0.4, -0.2) is 71.3 Å². The smallest absolute Gasteiger partial charge is 0.406 e. The first-order valence-electron chi connectivity index (χ1n) is 13.7. The second-order valence-electron chi connectivity index (χ2n) is 10.7. The van der Waals surface area contributed by atoms with E-state index >= 15 is 0 Å². The van der Waals surface area contributed by atoms with Crippen molar-refractivity contribution in [1.82, 2.24) is 25.3 Å². The molecule has 1 aromatic carbocycles. The van der Waals surface area contributed by atoms with E-state index in [9.17, 15) is 13.2 Å². The number of nitrogens with zero attached hydrogens (tertiary/aromatic N) is 5. The van der Waals surface area contributed by atoms with E-state index in [-0.39, 0.29) is 31.9 Å². The first-order valence-corrected chi connectivity index (χ1v) is 13.7. The summed E-state index contributed by atoms with van der Waals surface area (Å²) in [5, 5.41) is 16.2. The van der Waals surface area contributed by atoms with Crippen LogP contribution in [-0.2, 0) is 9.47 Å². The Kier molecular flexibility index (Phi) is 7.41. The van der Waals surface area contributed by atoms with E-state index in [4.69, 9.17) is 14.2 Å². The van der Waals surface area contributed by atoms with Crippen LogP contribution < -0.4 is 15.0 Å². The van der Waals surface area contributed by atoms with Gasteiger partial charge in [0.25, 0.3) is 0 Å². The number of aromatic nitrogens is 4. The average molecular weight is 559 g/mol. The van der Waals surface area contributed by atoms with Gasteiger partial charge in [-0.1, -0.05) is 6.07 Å². The molecule has 2 unspecified atom stereocenters. The Morgan fingerprint density at radius 1 is 1.10 bits per heavy atom. The van der Waals surface area contributed by atoms with E-state index < -0.39 is 11.7 Å². The summed E-state index contributed by atoms with van der Waals surface area (Å²) < 4.78 is 58.8. The minimum absolute atomic E-state index is 0.0408. The maximum absolute atomic E-state index is 13.4. The molecule has 0 amide bonds. The highest BCUT2D eigenvalue weighted by atomic mass is 19.4. The highest BCUT2D eigenvalue weighted by Gasteiger charge is 2.64. The van der Waals surface area contributed by atoms with E-state index in [2.05, 4.69) is 20.6 Å². The zero-order valence-electron chi connectivity index (χ0n) is 22.4. The van der Waals surface area contributed by atoms with E-state index in [1.165, 1.54) is 0 Å². The van der Waals surface area contributed by atoms with Crippen LogP contribution in [0.1, 0.15) is 44.8 Å². The van der Waals surface area contributed by atoms with Crippen molar-refractivity contribution < 1.29 is 27.4 Å². The highest BCUT2D eigenvalue weighted by molar-refractivity contribution is 5.74. The monoisotopic (exact) mass is 558 g/mol. The fraction of sp³-hybridized carbons (Fsp3) is 0.536. The van der Waals surface area contributed by atoms with Crippen LogP contribution in [0, 0.1) is 0 Å². The number of halogens is 3. The molecule has 1 aliphatic carbocycles. The van der Waals surface area contributed by atoms with Crippen LogP contribution in [0.25, 0.3) is 22.4 Å². The van der Waals surface area contributed by atoms with Gasteiger partial charge in [0, 0.05) is 50.2 Å². The molecule has 2 aromatic heterocycles. The Morgan fingerprint density at radius 3 is 2.67 bits per heavy atom. The Balaban J connectivity index is 1.16. The Bertz CT molecular complexity index is 1310. The third kappa shape index (κ3) is 5.52. The van der Waals surface area contributed by atoms with Gasteiger partial charge >= 0.3 is 6.18 Å². The number of rotatable bonds is 9. The largest absolute Gasteiger partial charge is 0.467 e. The highest BCUT2D eigenvalue weighted by Crippen LogP contribution is 2.49. The molecular weight excluding hydrogens is 525 g/mol. The number of anilines is 1. The van der Waals surface area contributed by atoms with E-state index in [1.54, 1.807) is 7.11 Å². The fourth-order valence-corrected chi connectivity index (χ4v) is 5.48. The average Bonchev–Trinajstić information content (AvgIpc) is 3.37. The van der Waals surface area contributed by atoms with Crippen LogP contribution in [0.15, 0.2) is 42.7 Å². The van der Waals surface area contributed by atoms with Crippen molar-refractivity contribution in [2.24, 2.45) is 0 Å². The molecule has 9 nitrogen and oxygen atoms in total. The fourth-order valence-electron chi connectivity index (χ4n) is 5.48. The van der Waals surface area contributed by atoms with Crippen molar-refractivity contribution in [1.29, 1.82) is 0 Å². The minimum Gasteiger partial charge on any atom is -0.467 e. The van der Waals surface area contributed by atoms with Gasteiger partial charge in [0.2, 0.25) is 0 Å². The van der Waals surface area contributed by atoms with Gasteiger partial charge in [-0.25, -0.2) is 4.68 Å². The van der Waals surface area contributed by atoms with Gasteiger partial charge in [0.05, 0.1) is 11.9 Å². The summed E-state index contributed by atoms with van der Waals surface area (Å²) in [6.45, 7) is 1.90. The zero-order chi connectivity index (χ0) is 27.7. The second kappa shape index (κ2) is 11.0. The van der Waals surface area contributed by atoms with Crippen molar-refractivity contribution in [2.75, 3.05) is 38.5 Å². The van der Waals surface area contributed by atoms with Gasteiger partial charge in [-0.15, -0.1) is 10.2 Å². The molecule has 2 atom stereocenters. The molecule has 4 heterocycles. The van der Waals surface area contributed by atoms with Crippen molar-refractivity contribution in [3.8, 4) is 28.1 Å². The molecule has 3 aliphatic rings. The maximum atomic E-state index is 13.4. The summed E-state index contributed by atoms with van der Waals surface area (Å²) in [4.78, 5) is 1.97. The molecule has 2 aliphatic heterocycles. The van der Waals surface area contributed by atoms with Crippen LogP contribution in [0.4, 0.5) is 19.0 Å². The molecule has 0 radical (unpaired) electrons. The normalized spacial score (nSPS) is 22.4. The first kappa shape index (κ1) is 27.0. The molecule has 214 valence electrons. The first-order chi connectivity index (χ1) is 19.3. The number of nitrogens with one attached hydrogen (secondary N) is 1. The summed E-state index contributed by atoms with van der Waals surface area (Å²) in [6, 6.07) is 9.32. The third-order valence-electron chi connectivity index (χ3n) is 7.91. The van der Waals surface area contributed by atoms with Gasteiger partial charge in [-0.2, -0.15) is 18.3 Å². The molecule has 1 N–H and O–H groups in total. The summed E-state index contributed by atoms with van der Waals surface area (Å²) in [5.74, 6) is 1.23. The predicted octanol–water partition coefficient (Wildman–Crippen LogP) is 4.95. The summed E-state index contributed by atoms with van der Waals surface area (Å²) in [7, 11) is 1.56. The third-order valence-corrected chi connectivity index (χ3v) is 7.91. The van der Waals surface area contributed by atoms with Crippen LogP contribution in [0.2, 0.25) is 0 Å². The van der Waals surface area contributed by atoms with Crippen LogP contribution in [0.5, 0.6) is 5.75 Å². The van der Waals surface area contributed by atoms with Gasteiger partial charge in [0.15, 0.2) is 12.6 Å². The molecule has 3 aromatic rings. The predicted molar refractivity (Wildman–Crippen MR) is 142 cm³/mol. The molecule has 0 spiro atoms. The van der Waals surface area contributed by atoms with Gasteiger partial charge in [0.1, 0.15) is 17.5 Å². The minimum atomic E-state index is -4.22. The Labute approximate surface area is 230 Å². The number of ether oxygens (including phenoxy) is 3. The zero-order valence-corrected chi connectivity index (χ0v) is 22.4. The maximum Gasteiger partial charge on any atom is 0.406 e. The summed E-state index contributed by atoms with van der Waals surface area (Å²) in [5.41, 5.74) is 1.54. The number of alkyl halides is 3. The van der Waals surface area contributed by atoms with Gasteiger partial charge < -0.3 is 19.1 Å². The van der Waals surface area contributed by atoms with Gasteiger partial charge in [-0.3, -0.25) is 5.32 Å². The molecule has 2 saturated heterocycles. The van der Waals surface area contributed by atoms with Crippen molar-refractivity contribution >= 4 is 5.82 Å². The second-order valence-corrected chi connectivity index (χ2v) is 10.7. The lowest BCUT2D eigenvalue weighted by molar-refractivity contribution is -0.167. The van der Waals surface area contributed by atoms with Gasteiger partial charge in [-0.05, 0) is 68.4 Å². The van der Waals surface area contributed by atoms with E-state index in [0.717, 1.165) is 42.6 Å². The lowest BCUT2D eigenvalue weighted by atomic mass is 10.0. The SMILES string of the molecule is COCOc1cc(-c2cnn(C3CCCCO3)c2)ccc1-c1ccc(N2CCC(NC3(C(F)(F)F)CC3)C2)nn1. The van der Waals surface area contributed by atoms with Crippen molar-refractivity contribution in [2.45, 2.75) is 62.5 Å². The number of hydrogen-bond acceptors (Lipinski definition) is 8. The Morgan fingerprint density at radius 2 is 1.98 bits per heavy atom. The number of benzene rings is 1. The van der Waals surface area contributed by atoms with Crippen LogP contribution in [0.3, 0.4) is 0 Å². The topological polar surface area (TPSA) is 86.6 Å². The van der Waals surface area contributed by atoms with Crippen molar-refractivity contribution in [3.05, 3.63) is 42.7 Å². The van der Waals surface area contributed by atoms with E-state index in [0.29, 0.717) is 36.8 Å². The molecule has 12 heteroatoms. The van der Waals surface area contributed by atoms with E-state index in [1.807, 2.05) is 52.3 Å². The summed E-state index contributed by atoms with van der Waals surface area (Å²) in [6.07, 6.45) is 3.60. The standard InChI is InChI=1S/C28H33F3N6O3/c1-38-18-40-24-14-19(20-15-32-37(16-20)26-4-2-3-13-39-26)5-6-22(24)23-7-8-25(35-34-23)36-12-9-21(17-36)33-27(10-11-27)28(29,30)31/h5-8,14-16,21,26,33H,2-4,9-13,17-18H2,1H3. The molecule has 3 fully saturated rings. The lowest BCUT2D eigenvalue weighted by Crippen LogP contribution is -2.50. The summed E-state index contributed by atoms with van der Waals surface area (Å²) >= 11 is 0. The Hall–Kier alpha value is -3.22. The molecule has 40 heavy (non-hydrogen) atoms. The number of hydrogen-bond donors (Lipinski definition) is 1. The van der Waals surface area contributed by atoms with Crippen LogP contribution >= 0.6 is 0 Å². The molecular formula is C28H33F3N6O3. The molecule has 6 rings (SSSR count). The number of methoxy groups -OCH3 is 1. The quantitative estimate of drug-likeness (QED) is 0.369. The van der Waals surface area contributed by atoms with Crippen molar-refractivity contribution in [3.63, 3.8) is 0 Å². The molecule has 1 saturated carbocycles.